The number of aromatic nitrogens is 2. The van der Waals surface area contributed by atoms with Gasteiger partial charge in [0.05, 0.1) is 11.0 Å². The fourth-order valence-electron chi connectivity index (χ4n) is 3.34. The molecule has 2 heterocycles. The van der Waals surface area contributed by atoms with Crippen molar-refractivity contribution in [3.05, 3.63) is 24.0 Å². The first-order valence-corrected chi connectivity index (χ1v) is 7.94. The lowest BCUT2D eigenvalue weighted by atomic mass is 9.80. The summed E-state index contributed by atoms with van der Waals surface area (Å²) in [5.41, 5.74) is 9.31. The maximum Gasteiger partial charge on any atom is 0.109 e. The lowest BCUT2D eigenvalue weighted by Gasteiger charge is -2.38. The average Bonchev–Trinajstić information content (AvgIpc) is 2.79. The molecule has 0 radical (unpaired) electrons. The molecule has 0 atom stereocenters. The Hall–Kier alpha value is -1.55. The van der Waals surface area contributed by atoms with Crippen LogP contribution in [-0.4, -0.2) is 34.6 Å². The van der Waals surface area contributed by atoms with E-state index in [1.54, 1.807) is 0 Å². The second-order valence-electron chi connectivity index (χ2n) is 6.83. The molecule has 0 amide bonds. The zero-order valence-electron chi connectivity index (χ0n) is 13.4. The number of likely N-dealkylation sites (tertiary alicyclic amines) is 1. The number of nitrogens with zero attached hydrogens (tertiary/aromatic N) is 3. The van der Waals surface area contributed by atoms with Crippen molar-refractivity contribution in [2.24, 2.45) is 5.41 Å². The van der Waals surface area contributed by atoms with E-state index in [0.29, 0.717) is 5.41 Å². The minimum Gasteiger partial charge on any atom is -0.399 e. The van der Waals surface area contributed by atoms with Crippen LogP contribution in [0.3, 0.4) is 0 Å². The highest BCUT2D eigenvalue weighted by atomic mass is 15.1. The van der Waals surface area contributed by atoms with Crippen LogP contribution in [0.15, 0.2) is 18.2 Å². The van der Waals surface area contributed by atoms with Gasteiger partial charge in [-0.3, -0.25) is 0 Å². The zero-order chi connectivity index (χ0) is 15.0. The Kier molecular flexibility index (Phi) is 3.66. The monoisotopic (exact) mass is 286 g/mol. The Labute approximate surface area is 126 Å². The van der Waals surface area contributed by atoms with E-state index in [4.69, 9.17) is 10.7 Å². The van der Waals surface area contributed by atoms with Crippen LogP contribution in [-0.2, 0) is 13.0 Å². The van der Waals surface area contributed by atoms with Gasteiger partial charge in [0.15, 0.2) is 0 Å². The van der Waals surface area contributed by atoms with E-state index in [0.717, 1.165) is 24.2 Å². The summed E-state index contributed by atoms with van der Waals surface area (Å²) in [7, 11) is 2.21. The summed E-state index contributed by atoms with van der Waals surface area (Å²) in [5, 5.41) is 0. The first-order chi connectivity index (χ1) is 10.0. The van der Waals surface area contributed by atoms with Crippen molar-refractivity contribution in [2.45, 2.75) is 39.7 Å². The summed E-state index contributed by atoms with van der Waals surface area (Å²) in [5.74, 6) is 1.18. The molecule has 1 aromatic carbocycles. The maximum atomic E-state index is 5.90. The molecular weight excluding hydrogens is 260 g/mol. The summed E-state index contributed by atoms with van der Waals surface area (Å²) >= 11 is 0. The smallest absolute Gasteiger partial charge is 0.109 e. The predicted molar refractivity (Wildman–Crippen MR) is 88.4 cm³/mol. The van der Waals surface area contributed by atoms with Gasteiger partial charge < -0.3 is 15.2 Å². The third-order valence-electron chi connectivity index (χ3n) is 4.90. The normalized spacial score (nSPS) is 19.2. The van der Waals surface area contributed by atoms with Gasteiger partial charge in [-0.05, 0) is 56.6 Å². The van der Waals surface area contributed by atoms with Gasteiger partial charge in [-0.25, -0.2) is 4.98 Å². The van der Waals surface area contributed by atoms with Crippen LogP contribution in [0.2, 0.25) is 0 Å². The molecule has 114 valence electrons. The predicted octanol–water partition coefficient (Wildman–Crippen LogP) is 2.91. The van der Waals surface area contributed by atoms with E-state index < -0.39 is 0 Å². The van der Waals surface area contributed by atoms with Crippen LogP contribution in [0.5, 0.6) is 0 Å². The maximum absolute atomic E-state index is 5.90. The Balaban J connectivity index is 1.96. The molecule has 1 aliphatic rings. The van der Waals surface area contributed by atoms with Crippen molar-refractivity contribution in [1.82, 2.24) is 14.5 Å². The number of aryl methyl sites for hydroxylation is 1. The van der Waals surface area contributed by atoms with Crippen LogP contribution in [0.4, 0.5) is 5.69 Å². The number of fused-ring (bicyclic) bond motifs is 1. The number of nitrogens with two attached hydrogens (primary N) is 1. The molecule has 0 aliphatic carbocycles. The fraction of sp³-hybridized carbons (Fsp3) is 0.588. The topological polar surface area (TPSA) is 47.1 Å². The lowest BCUT2D eigenvalue weighted by molar-refractivity contribution is 0.121. The summed E-state index contributed by atoms with van der Waals surface area (Å²) in [6, 6.07) is 6.09. The molecule has 0 saturated carbocycles. The summed E-state index contributed by atoms with van der Waals surface area (Å²) < 4.78 is 2.42. The van der Waals surface area contributed by atoms with E-state index >= 15 is 0 Å². The van der Waals surface area contributed by atoms with Gasteiger partial charge >= 0.3 is 0 Å². The minimum atomic E-state index is 0.367. The standard InChI is InChI=1S/C17H26N4/c1-4-16-19-14-11-13(18)5-6-15(14)21(16)12-17(2)7-9-20(3)10-8-17/h5-6,11H,4,7-10,12,18H2,1-3H3. The molecule has 21 heavy (non-hydrogen) atoms. The molecule has 2 aromatic rings. The number of rotatable bonds is 3. The highest BCUT2D eigenvalue weighted by Gasteiger charge is 2.30. The first kappa shape index (κ1) is 14.4. The number of hydrogen-bond acceptors (Lipinski definition) is 3. The number of piperidine rings is 1. The number of anilines is 1. The van der Waals surface area contributed by atoms with Crippen molar-refractivity contribution in [2.75, 3.05) is 25.9 Å². The second-order valence-corrected chi connectivity index (χ2v) is 6.83. The van der Waals surface area contributed by atoms with Gasteiger partial charge in [-0.1, -0.05) is 13.8 Å². The molecule has 2 N–H and O–H groups in total. The Morgan fingerprint density at radius 3 is 2.67 bits per heavy atom. The van der Waals surface area contributed by atoms with Crippen molar-refractivity contribution in [3.8, 4) is 0 Å². The van der Waals surface area contributed by atoms with Gasteiger partial charge in [0.25, 0.3) is 0 Å². The van der Waals surface area contributed by atoms with Crippen LogP contribution in [0.1, 0.15) is 32.5 Å². The Bertz CT molecular complexity index is 636. The van der Waals surface area contributed by atoms with E-state index in [2.05, 4.69) is 36.4 Å². The van der Waals surface area contributed by atoms with Crippen molar-refractivity contribution in [3.63, 3.8) is 0 Å². The Morgan fingerprint density at radius 2 is 2.00 bits per heavy atom. The van der Waals surface area contributed by atoms with E-state index in [1.165, 1.54) is 37.3 Å². The van der Waals surface area contributed by atoms with Gasteiger partial charge in [-0.15, -0.1) is 0 Å². The van der Waals surface area contributed by atoms with Crippen molar-refractivity contribution in [1.29, 1.82) is 0 Å². The van der Waals surface area contributed by atoms with E-state index in [9.17, 15) is 0 Å². The van der Waals surface area contributed by atoms with Crippen LogP contribution < -0.4 is 5.73 Å². The first-order valence-electron chi connectivity index (χ1n) is 7.94. The molecule has 0 spiro atoms. The fourth-order valence-corrected chi connectivity index (χ4v) is 3.34. The van der Waals surface area contributed by atoms with Gasteiger partial charge in [0, 0.05) is 18.7 Å². The molecule has 4 nitrogen and oxygen atoms in total. The molecule has 1 saturated heterocycles. The van der Waals surface area contributed by atoms with Gasteiger partial charge in [0.2, 0.25) is 0 Å². The second kappa shape index (κ2) is 5.34. The molecule has 0 bridgehead atoms. The molecule has 1 aliphatic heterocycles. The third kappa shape index (κ3) is 2.77. The zero-order valence-corrected chi connectivity index (χ0v) is 13.4. The SMILES string of the molecule is CCc1nc2cc(N)ccc2n1CC1(C)CCN(C)CC1. The van der Waals surface area contributed by atoms with Crippen molar-refractivity contribution >= 4 is 16.7 Å². The van der Waals surface area contributed by atoms with Gasteiger partial charge in [0.1, 0.15) is 5.82 Å². The lowest BCUT2D eigenvalue weighted by Crippen LogP contribution is -2.38. The third-order valence-corrected chi connectivity index (χ3v) is 4.90. The van der Waals surface area contributed by atoms with Crippen LogP contribution in [0.25, 0.3) is 11.0 Å². The molecule has 1 fully saturated rings. The van der Waals surface area contributed by atoms with Crippen LogP contribution >= 0.6 is 0 Å². The molecular formula is C17H26N4. The number of nitrogen functional groups attached to an aromatic ring is 1. The quantitative estimate of drug-likeness (QED) is 0.883. The number of hydrogen-bond donors (Lipinski definition) is 1. The minimum absolute atomic E-state index is 0.367. The van der Waals surface area contributed by atoms with Gasteiger partial charge in [-0.2, -0.15) is 0 Å². The highest BCUT2D eigenvalue weighted by Crippen LogP contribution is 2.34. The molecule has 3 rings (SSSR count). The number of benzene rings is 1. The largest absolute Gasteiger partial charge is 0.399 e. The summed E-state index contributed by atoms with van der Waals surface area (Å²) in [6.45, 7) is 8.04. The van der Waals surface area contributed by atoms with E-state index in [-0.39, 0.29) is 0 Å². The van der Waals surface area contributed by atoms with Crippen molar-refractivity contribution < 1.29 is 0 Å². The summed E-state index contributed by atoms with van der Waals surface area (Å²) in [6.07, 6.45) is 3.47. The number of imidazole rings is 1. The molecule has 4 heteroatoms. The van der Waals surface area contributed by atoms with Crippen LogP contribution in [0, 0.1) is 5.41 Å². The highest BCUT2D eigenvalue weighted by molar-refractivity contribution is 5.79. The Morgan fingerprint density at radius 1 is 1.29 bits per heavy atom. The summed E-state index contributed by atoms with van der Waals surface area (Å²) in [4.78, 5) is 7.20. The molecule has 0 unspecified atom stereocenters. The average molecular weight is 286 g/mol. The van der Waals surface area contributed by atoms with E-state index in [1.807, 2.05) is 12.1 Å². The molecule has 1 aromatic heterocycles.